The van der Waals surface area contributed by atoms with Crippen molar-refractivity contribution < 1.29 is 17.9 Å². The molecule has 0 bridgehead atoms. The number of amides is 1. The van der Waals surface area contributed by atoms with Crippen molar-refractivity contribution >= 4 is 33.4 Å². The molecule has 2 aromatic rings. The van der Waals surface area contributed by atoms with Gasteiger partial charge in [0.2, 0.25) is 15.9 Å². The van der Waals surface area contributed by atoms with Gasteiger partial charge in [-0.3, -0.25) is 9.10 Å². The largest absolute Gasteiger partial charge is 0.492 e. The van der Waals surface area contributed by atoms with Gasteiger partial charge in [0, 0.05) is 17.9 Å². The highest BCUT2D eigenvalue weighted by Crippen LogP contribution is 2.24. The van der Waals surface area contributed by atoms with Crippen LogP contribution in [0.4, 0.5) is 5.69 Å². The second-order valence-corrected chi connectivity index (χ2v) is 9.87. The van der Waals surface area contributed by atoms with Crippen molar-refractivity contribution in [1.29, 1.82) is 0 Å². The van der Waals surface area contributed by atoms with Crippen LogP contribution in [0.25, 0.3) is 0 Å². The lowest BCUT2D eigenvalue weighted by molar-refractivity contribution is -0.121. The molecule has 0 atom stereocenters. The molecule has 0 spiro atoms. The first-order valence-corrected chi connectivity index (χ1v) is 12.9. The van der Waals surface area contributed by atoms with E-state index in [2.05, 4.69) is 5.32 Å². The molecule has 0 radical (unpaired) electrons. The normalized spacial score (nSPS) is 11.2. The zero-order valence-electron chi connectivity index (χ0n) is 18.0. The zero-order chi connectivity index (χ0) is 22.1. The van der Waals surface area contributed by atoms with Gasteiger partial charge < -0.3 is 10.1 Å². The number of ether oxygens (including phenoxy) is 1. The van der Waals surface area contributed by atoms with Gasteiger partial charge >= 0.3 is 0 Å². The summed E-state index contributed by atoms with van der Waals surface area (Å²) in [5.74, 6) is 0.661. The smallest absolute Gasteiger partial charge is 0.232 e. The van der Waals surface area contributed by atoms with Crippen LogP contribution in [0.2, 0.25) is 0 Å². The average molecular weight is 451 g/mol. The molecule has 0 heterocycles. The van der Waals surface area contributed by atoms with E-state index in [4.69, 9.17) is 4.74 Å². The predicted octanol–water partition coefficient (Wildman–Crippen LogP) is 3.77. The van der Waals surface area contributed by atoms with Crippen molar-refractivity contribution in [3.05, 3.63) is 53.6 Å². The van der Waals surface area contributed by atoms with Gasteiger partial charge in [0.05, 0.1) is 18.5 Å². The number of nitrogens with zero attached hydrogens (tertiary/aromatic N) is 1. The third-order valence-electron chi connectivity index (χ3n) is 4.68. The van der Waals surface area contributed by atoms with Crippen molar-refractivity contribution in [3.8, 4) is 5.75 Å². The fourth-order valence-corrected chi connectivity index (χ4v) is 4.30. The van der Waals surface area contributed by atoms with E-state index in [9.17, 15) is 13.2 Å². The monoisotopic (exact) mass is 450 g/mol. The Hall–Kier alpha value is -2.19. The van der Waals surface area contributed by atoms with Gasteiger partial charge in [0.15, 0.2) is 0 Å². The molecule has 0 saturated carbocycles. The maximum Gasteiger partial charge on any atom is 0.232 e. The third-order valence-corrected chi connectivity index (χ3v) is 6.60. The van der Waals surface area contributed by atoms with Crippen LogP contribution >= 0.6 is 11.8 Å². The molecule has 0 unspecified atom stereocenters. The molecule has 0 aliphatic carbocycles. The molecule has 2 rings (SSSR count). The summed E-state index contributed by atoms with van der Waals surface area (Å²) in [6.45, 7) is 5.11. The van der Waals surface area contributed by atoms with Crippen molar-refractivity contribution in [1.82, 2.24) is 5.32 Å². The minimum absolute atomic E-state index is 0.120. The second-order valence-electron chi connectivity index (χ2n) is 7.08. The quantitative estimate of drug-likeness (QED) is 0.417. The Bertz CT molecular complexity index is 961. The number of benzene rings is 2. The van der Waals surface area contributed by atoms with E-state index < -0.39 is 10.0 Å². The zero-order valence-corrected chi connectivity index (χ0v) is 19.6. The van der Waals surface area contributed by atoms with E-state index in [1.54, 1.807) is 17.8 Å². The maximum absolute atomic E-state index is 12.2. The second kappa shape index (κ2) is 11.3. The average Bonchev–Trinajstić information content (AvgIpc) is 2.70. The molecule has 2 aromatic carbocycles. The lowest BCUT2D eigenvalue weighted by Gasteiger charge is -2.22. The van der Waals surface area contributed by atoms with Crippen molar-refractivity contribution in [2.45, 2.75) is 31.6 Å². The topological polar surface area (TPSA) is 75.7 Å². The molecule has 0 aliphatic heterocycles. The van der Waals surface area contributed by atoms with Crippen molar-refractivity contribution in [2.75, 3.05) is 36.5 Å². The summed E-state index contributed by atoms with van der Waals surface area (Å²) in [4.78, 5) is 13.1. The fourth-order valence-electron chi connectivity index (χ4n) is 2.89. The van der Waals surface area contributed by atoms with E-state index in [-0.39, 0.29) is 18.9 Å². The van der Waals surface area contributed by atoms with Crippen molar-refractivity contribution in [3.63, 3.8) is 0 Å². The number of nitrogens with one attached hydrogen (secondary N) is 1. The summed E-state index contributed by atoms with van der Waals surface area (Å²) >= 11 is 1.55. The molecule has 30 heavy (non-hydrogen) atoms. The number of sulfonamides is 1. The number of hydrogen-bond donors (Lipinski definition) is 1. The number of aryl methyl sites for hydroxylation is 2. The fraction of sp³-hybridized carbons (Fsp3) is 0.409. The Kier molecular flexibility index (Phi) is 9.05. The Labute approximate surface area is 184 Å². The van der Waals surface area contributed by atoms with Crippen LogP contribution in [0.1, 0.15) is 24.0 Å². The molecule has 1 N–H and O–H groups in total. The molecule has 0 aliphatic rings. The van der Waals surface area contributed by atoms with Crippen LogP contribution < -0.4 is 14.4 Å². The predicted molar refractivity (Wildman–Crippen MR) is 124 cm³/mol. The molecule has 8 heteroatoms. The summed E-state index contributed by atoms with van der Waals surface area (Å²) in [6, 6.07) is 13.3. The Balaban J connectivity index is 1.77. The summed E-state index contributed by atoms with van der Waals surface area (Å²) in [7, 11) is -3.43. The van der Waals surface area contributed by atoms with Crippen LogP contribution in [0, 0.1) is 13.8 Å². The highest BCUT2D eigenvalue weighted by atomic mass is 32.2. The highest BCUT2D eigenvalue weighted by molar-refractivity contribution is 7.98. The Morgan fingerprint density at radius 3 is 2.57 bits per heavy atom. The van der Waals surface area contributed by atoms with Crippen LogP contribution in [0.15, 0.2) is 47.4 Å². The molecular weight excluding hydrogens is 420 g/mol. The van der Waals surface area contributed by atoms with Gasteiger partial charge in [-0.05, 0) is 68.0 Å². The first kappa shape index (κ1) is 24.1. The summed E-state index contributed by atoms with van der Waals surface area (Å²) in [5, 5.41) is 2.81. The van der Waals surface area contributed by atoms with Gasteiger partial charge in [0.25, 0.3) is 0 Å². The van der Waals surface area contributed by atoms with Gasteiger partial charge in [-0.2, -0.15) is 0 Å². The van der Waals surface area contributed by atoms with Crippen LogP contribution in [0.5, 0.6) is 5.75 Å². The Morgan fingerprint density at radius 1 is 1.13 bits per heavy atom. The summed E-state index contributed by atoms with van der Waals surface area (Å²) in [5.41, 5.74) is 2.99. The number of anilines is 1. The van der Waals surface area contributed by atoms with Crippen LogP contribution in [0.3, 0.4) is 0 Å². The van der Waals surface area contributed by atoms with Crippen LogP contribution in [-0.4, -0.2) is 46.5 Å². The van der Waals surface area contributed by atoms with E-state index in [0.29, 0.717) is 25.3 Å². The van der Waals surface area contributed by atoms with E-state index in [0.717, 1.165) is 16.2 Å². The summed E-state index contributed by atoms with van der Waals surface area (Å²) < 4.78 is 31.4. The number of carbonyl (C=O) groups is 1. The van der Waals surface area contributed by atoms with Gasteiger partial charge in [-0.25, -0.2) is 8.42 Å². The van der Waals surface area contributed by atoms with Crippen LogP contribution in [-0.2, 0) is 14.8 Å². The van der Waals surface area contributed by atoms with E-state index in [1.165, 1.54) is 16.1 Å². The number of carbonyl (C=O) groups excluding carboxylic acids is 1. The lowest BCUT2D eigenvalue weighted by Crippen LogP contribution is -2.32. The molecule has 1 amide bonds. The molecule has 0 aromatic heterocycles. The minimum atomic E-state index is -3.43. The molecule has 6 nitrogen and oxygen atoms in total. The molecular formula is C22H30N2O4S2. The molecule has 164 valence electrons. The van der Waals surface area contributed by atoms with E-state index in [1.807, 2.05) is 56.5 Å². The first-order chi connectivity index (χ1) is 14.2. The lowest BCUT2D eigenvalue weighted by atomic mass is 10.1. The number of thioether (sulfide) groups is 1. The Morgan fingerprint density at radius 2 is 1.90 bits per heavy atom. The molecule has 0 fully saturated rings. The SMILES string of the molecule is CSc1cccc(N(CCCC(=O)NCCOc2ccc(C)c(C)c2)S(C)(=O)=O)c1. The number of rotatable bonds is 11. The first-order valence-electron chi connectivity index (χ1n) is 9.79. The van der Waals surface area contributed by atoms with Gasteiger partial charge in [-0.1, -0.05) is 12.1 Å². The molecule has 0 saturated heterocycles. The van der Waals surface area contributed by atoms with Gasteiger partial charge in [-0.15, -0.1) is 11.8 Å². The third kappa shape index (κ3) is 7.57. The highest BCUT2D eigenvalue weighted by Gasteiger charge is 2.18. The van der Waals surface area contributed by atoms with E-state index >= 15 is 0 Å². The summed E-state index contributed by atoms with van der Waals surface area (Å²) in [6.07, 6.45) is 3.80. The van der Waals surface area contributed by atoms with Gasteiger partial charge in [0.1, 0.15) is 12.4 Å². The minimum Gasteiger partial charge on any atom is -0.492 e. The number of hydrogen-bond acceptors (Lipinski definition) is 5. The maximum atomic E-state index is 12.2. The standard InChI is InChI=1S/C22H30N2O4S2/c1-17-10-11-20(15-18(17)2)28-14-12-23-22(25)9-6-13-24(30(4,26)27)19-7-5-8-21(16-19)29-3/h5,7-8,10-11,15-16H,6,9,12-14H2,1-4H3,(H,23,25). The van der Waals surface area contributed by atoms with Crippen molar-refractivity contribution in [2.24, 2.45) is 0 Å².